The van der Waals surface area contributed by atoms with Crippen molar-refractivity contribution in [3.63, 3.8) is 0 Å². The summed E-state index contributed by atoms with van der Waals surface area (Å²) < 4.78 is 16.6. The normalized spacial score (nSPS) is 10.3. The highest BCUT2D eigenvalue weighted by atomic mass is 16.5. The minimum Gasteiger partial charge on any atom is -0.490 e. The third-order valence-corrected chi connectivity index (χ3v) is 5.06. The molecular formula is C28H27N3O5. The molecule has 0 spiro atoms. The van der Waals surface area contributed by atoms with Crippen molar-refractivity contribution in [1.82, 2.24) is 5.32 Å². The highest BCUT2D eigenvalue weighted by molar-refractivity contribution is 5.96. The van der Waals surface area contributed by atoms with E-state index in [4.69, 9.17) is 13.9 Å². The van der Waals surface area contributed by atoms with E-state index in [9.17, 15) is 9.59 Å². The zero-order valence-electron chi connectivity index (χ0n) is 19.6. The number of carbonyl (C=O) groups is 2. The lowest BCUT2D eigenvalue weighted by Crippen LogP contribution is -2.23. The van der Waals surface area contributed by atoms with Crippen LogP contribution >= 0.6 is 0 Å². The molecule has 8 nitrogen and oxygen atoms in total. The van der Waals surface area contributed by atoms with Crippen LogP contribution in [0.3, 0.4) is 0 Å². The molecule has 184 valence electrons. The molecule has 36 heavy (non-hydrogen) atoms. The molecule has 0 aliphatic carbocycles. The summed E-state index contributed by atoms with van der Waals surface area (Å²) in [7, 11) is 0. The highest BCUT2D eigenvalue weighted by Gasteiger charge is 2.08. The molecule has 0 bridgehead atoms. The van der Waals surface area contributed by atoms with E-state index in [1.807, 2.05) is 36.4 Å². The molecule has 8 heteroatoms. The van der Waals surface area contributed by atoms with Crippen LogP contribution in [-0.4, -0.2) is 31.6 Å². The lowest BCUT2D eigenvalue weighted by Gasteiger charge is -2.11. The molecule has 3 N–H and O–H groups in total. The van der Waals surface area contributed by atoms with Gasteiger partial charge in [-0.2, -0.15) is 0 Å². The molecule has 4 rings (SSSR count). The van der Waals surface area contributed by atoms with E-state index in [1.165, 1.54) is 0 Å². The fourth-order valence-corrected chi connectivity index (χ4v) is 3.34. The number of nitrogens with one attached hydrogen (secondary N) is 3. The molecule has 0 atom stereocenters. The fraction of sp³-hybridized carbons (Fsp3) is 0.143. The Morgan fingerprint density at radius 3 is 2.31 bits per heavy atom. The van der Waals surface area contributed by atoms with E-state index in [0.29, 0.717) is 48.2 Å². The molecule has 0 aliphatic rings. The van der Waals surface area contributed by atoms with Gasteiger partial charge in [-0.15, -0.1) is 0 Å². The van der Waals surface area contributed by atoms with Crippen LogP contribution in [-0.2, 0) is 11.3 Å². The van der Waals surface area contributed by atoms with Crippen molar-refractivity contribution in [2.45, 2.75) is 6.54 Å². The maximum atomic E-state index is 12.4. The van der Waals surface area contributed by atoms with Crippen LogP contribution in [0.2, 0.25) is 0 Å². The third kappa shape index (κ3) is 7.66. The molecule has 0 fully saturated rings. The maximum Gasteiger partial charge on any atom is 0.251 e. The zero-order chi connectivity index (χ0) is 25.0. The van der Waals surface area contributed by atoms with Crippen LogP contribution in [0.1, 0.15) is 16.1 Å². The molecule has 0 saturated carbocycles. The standard InChI is InChI=1S/C28H27N3O5/c32-27(20-29-22-8-4-7-21(17-22)28(33)30-19-26-13-6-14-34-26)31-23-9-5-12-25(18-23)36-16-15-35-24-10-2-1-3-11-24/h1-14,17-18,29H,15-16,19-20H2,(H,30,33)(H,31,32). The average molecular weight is 486 g/mol. The van der Waals surface area contributed by atoms with Gasteiger partial charge < -0.3 is 29.8 Å². The number of amides is 2. The van der Waals surface area contributed by atoms with Gasteiger partial charge in [-0.05, 0) is 54.6 Å². The Bertz CT molecular complexity index is 1260. The smallest absolute Gasteiger partial charge is 0.251 e. The number of hydrogen-bond acceptors (Lipinski definition) is 6. The van der Waals surface area contributed by atoms with Gasteiger partial charge in [0.15, 0.2) is 0 Å². The van der Waals surface area contributed by atoms with Gasteiger partial charge in [-0.25, -0.2) is 0 Å². The second kappa shape index (κ2) is 12.7. The average Bonchev–Trinajstić information content (AvgIpc) is 3.43. The highest BCUT2D eigenvalue weighted by Crippen LogP contribution is 2.18. The van der Waals surface area contributed by atoms with Gasteiger partial charge in [0.2, 0.25) is 5.91 Å². The van der Waals surface area contributed by atoms with Crippen LogP contribution < -0.4 is 25.4 Å². The molecule has 1 aromatic heterocycles. The van der Waals surface area contributed by atoms with Gasteiger partial charge in [0.05, 0.1) is 19.4 Å². The Morgan fingerprint density at radius 1 is 0.750 bits per heavy atom. The lowest BCUT2D eigenvalue weighted by atomic mass is 10.2. The molecule has 0 unspecified atom stereocenters. The van der Waals surface area contributed by atoms with E-state index < -0.39 is 0 Å². The largest absolute Gasteiger partial charge is 0.490 e. The first-order valence-corrected chi connectivity index (χ1v) is 11.5. The third-order valence-electron chi connectivity index (χ3n) is 5.06. The monoisotopic (exact) mass is 485 g/mol. The van der Waals surface area contributed by atoms with Crippen LogP contribution in [0.5, 0.6) is 11.5 Å². The predicted octanol–water partition coefficient (Wildman–Crippen LogP) is 4.72. The minimum absolute atomic E-state index is 0.0352. The van der Waals surface area contributed by atoms with Gasteiger partial charge in [0.25, 0.3) is 5.91 Å². The van der Waals surface area contributed by atoms with Crippen LogP contribution in [0.15, 0.2) is 102 Å². The maximum absolute atomic E-state index is 12.4. The van der Waals surface area contributed by atoms with E-state index in [-0.39, 0.29) is 18.4 Å². The Kier molecular flexibility index (Phi) is 8.58. The van der Waals surface area contributed by atoms with Crippen molar-refractivity contribution >= 4 is 23.2 Å². The molecule has 0 radical (unpaired) electrons. The van der Waals surface area contributed by atoms with E-state index in [1.54, 1.807) is 60.9 Å². The summed E-state index contributed by atoms with van der Waals surface area (Å²) in [4.78, 5) is 24.8. The van der Waals surface area contributed by atoms with E-state index >= 15 is 0 Å². The fourth-order valence-electron chi connectivity index (χ4n) is 3.34. The number of ether oxygens (including phenoxy) is 2. The number of para-hydroxylation sites is 1. The number of rotatable bonds is 12. The molecule has 1 heterocycles. The van der Waals surface area contributed by atoms with E-state index in [0.717, 1.165) is 5.75 Å². The second-order valence-electron chi connectivity index (χ2n) is 7.78. The SMILES string of the molecule is O=C(CNc1cccc(C(=O)NCc2ccco2)c1)Nc1cccc(OCCOc2ccccc2)c1. The first kappa shape index (κ1) is 24.4. The van der Waals surface area contributed by atoms with Crippen molar-refractivity contribution in [3.8, 4) is 11.5 Å². The van der Waals surface area contributed by atoms with Crippen molar-refractivity contribution in [1.29, 1.82) is 0 Å². The Labute approximate surface area is 209 Å². The molecule has 0 saturated heterocycles. The summed E-state index contributed by atoms with van der Waals surface area (Å²) in [5, 5.41) is 8.68. The molecule has 0 aliphatic heterocycles. The number of hydrogen-bond donors (Lipinski definition) is 3. The molecular weight excluding hydrogens is 458 g/mol. The Hall–Kier alpha value is -4.72. The van der Waals surface area contributed by atoms with Crippen LogP contribution in [0.4, 0.5) is 11.4 Å². The van der Waals surface area contributed by atoms with E-state index in [2.05, 4.69) is 16.0 Å². The minimum atomic E-state index is -0.231. The first-order chi connectivity index (χ1) is 17.7. The van der Waals surface area contributed by atoms with Crippen molar-refractivity contribution < 1.29 is 23.5 Å². The molecule has 2 amide bonds. The Morgan fingerprint density at radius 2 is 1.50 bits per heavy atom. The second-order valence-corrected chi connectivity index (χ2v) is 7.78. The van der Waals surface area contributed by atoms with Gasteiger partial charge >= 0.3 is 0 Å². The van der Waals surface area contributed by atoms with Gasteiger partial charge in [0, 0.05) is 23.0 Å². The summed E-state index contributed by atoms with van der Waals surface area (Å²) in [6.45, 7) is 1.12. The quantitative estimate of drug-likeness (QED) is 0.251. The van der Waals surface area contributed by atoms with Crippen LogP contribution in [0.25, 0.3) is 0 Å². The van der Waals surface area contributed by atoms with Gasteiger partial charge in [-0.1, -0.05) is 30.3 Å². The lowest BCUT2D eigenvalue weighted by molar-refractivity contribution is -0.114. The van der Waals surface area contributed by atoms with Crippen molar-refractivity contribution in [3.05, 3.63) is 109 Å². The predicted molar refractivity (Wildman–Crippen MR) is 137 cm³/mol. The Balaban J connectivity index is 1.21. The number of benzene rings is 3. The molecule has 3 aromatic carbocycles. The summed E-state index contributed by atoms with van der Waals surface area (Å²) >= 11 is 0. The van der Waals surface area contributed by atoms with Gasteiger partial charge in [-0.3, -0.25) is 9.59 Å². The first-order valence-electron chi connectivity index (χ1n) is 11.5. The van der Waals surface area contributed by atoms with Crippen molar-refractivity contribution in [2.75, 3.05) is 30.4 Å². The van der Waals surface area contributed by atoms with Crippen LogP contribution in [0, 0.1) is 0 Å². The number of carbonyl (C=O) groups excluding carboxylic acids is 2. The summed E-state index contributed by atoms with van der Waals surface area (Å²) in [6, 6.07) is 27.2. The van der Waals surface area contributed by atoms with Gasteiger partial charge in [0.1, 0.15) is 30.5 Å². The summed E-state index contributed by atoms with van der Waals surface area (Å²) in [5.41, 5.74) is 1.76. The number of anilines is 2. The summed E-state index contributed by atoms with van der Waals surface area (Å²) in [5.74, 6) is 1.63. The summed E-state index contributed by atoms with van der Waals surface area (Å²) in [6.07, 6.45) is 1.56. The number of furan rings is 1. The van der Waals surface area contributed by atoms with Crippen molar-refractivity contribution in [2.24, 2.45) is 0 Å². The molecule has 4 aromatic rings. The topological polar surface area (TPSA) is 102 Å². The zero-order valence-corrected chi connectivity index (χ0v) is 19.6.